The molecular formula is C47H32NOPS. The van der Waals surface area contributed by atoms with Gasteiger partial charge in [-0.25, -0.2) is 4.98 Å². The summed E-state index contributed by atoms with van der Waals surface area (Å²) in [4.78, 5) is 6.43. The molecule has 9 aromatic rings. The van der Waals surface area contributed by atoms with Crippen molar-refractivity contribution in [2.45, 2.75) is 0 Å². The minimum atomic E-state index is -3.11. The van der Waals surface area contributed by atoms with Crippen molar-refractivity contribution in [1.29, 1.82) is 0 Å². The number of benzene rings is 7. The average molecular weight is 690 g/mol. The molecule has 0 aliphatic heterocycles. The molecule has 0 amide bonds. The van der Waals surface area contributed by atoms with Crippen LogP contribution >= 0.6 is 18.5 Å². The van der Waals surface area contributed by atoms with Gasteiger partial charge in [0.15, 0.2) is 7.14 Å². The van der Waals surface area contributed by atoms with Gasteiger partial charge in [-0.3, -0.25) is 0 Å². The molecule has 9 rings (SSSR count). The Morgan fingerprint density at radius 3 is 1.59 bits per heavy atom. The van der Waals surface area contributed by atoms with Crippen LogP contribution < -0.4 is 15.9 Å². The van der Waals surface area contributed by atoms with Crippen LogP contribution in [0.5, 0.6) is 0 Å². The van der Waals surface area contributed by atoms with Gasteiger partial charge in [0.25, 0.3) is 0 Å². The van der Waals surface area contributed by atoms with E-state index in [2.05, 4.69) is 127 Å². The van der Waals surface area contributed by atoms with Crippen LogP contribution in [0.25, 0.3) is 64.9 Å². The maximum atomic E-state index is 15.2. The smallest absolute Gasteiger partial charge is 0.171 e. The third kappa shape index (κ3) is 5.52. The Morgan fingerprint density at radius 2 is 0.941 bits per heavy atom. The van der Waals surface area contributed by atoms with Crippen molar-refractivity contribution in [3.8, 4) is 44.0 Å². The molecule has 0 fully saturated rings. The van der Waals surface area contributed by atoms with Crippen molar-refractivity contribution >= 4 is 55.4 Å². The maximum Gasteiger partial charge on any atom is 0.171 e. The number of aromatic nitrogens is 1. The van der Waals surface area contributed by atoms with E-state index in [1.54, 1.807) is 11.3 Å². The zero-order valence-electron chi connectivity index (χ0n) is 27.7. The Bertz CT molecular complexity index is 2650. The normalized spacial score (nSPS) is 11.6. The molecule has 0 N–H and O–H groups in total. The third-order valence-corrected chi connectivity index (χ3v) is 13.9. The van der Waals surface area contributed by atoms with Gasteiger partial charge in [-0.2, -0.15) is 0 Å². The summed E-state index contributed by atoms with van der Waals surface area (Å²) in [5.74, 6) is 0. The van der Waals surface area contributed by atoms with Crippen LogP contribution in [0.15, 0.2) is 194 Å². The van der Waals surface area contributed by atoms with E-state index in [1.165, 1.54) is 22.1 Å². The number of rotatable bonds is 7. The molecule has 0 radical (unpaired) electrons. The van der Waals surface area contributed by atoms with Crippen LogP contribution in [0.1, 0.15) is 0 Å². The Morgan fingerprint density at radius 1 is 0.431 bits per heavy atom. The molecule has 51 heavy (non-hydrogen) atoms. The Hall–Kier alpha value is -5.86. The number of pyridine rings is 1. The first kappa shape index (κ1) is 31.1. The van der Waals surface area contributed by atoms with E-state index in [1.807, 2.05) is 66.7 Å². The fraction of sp³-hybridized carbons (Fsp3) is 0. The maximum absolute atomic E-state index is 15.2. The predicted molar refractivity (Wildman–Crippen MR) is 218 cm³/mol. The summed E-state index contributed by atoms with van der Waals surface area (Å²) < 4.78 is 16.4. The van der Waals surface area contributed by atoms with E-state index in [-0.39, 0.29) is 0 Å². The second-order valence-corrected chi connectivity index (χ2v) is 16.4. The van der Waals surface area contributed by atoms with Crippen LogP contribution in [0.4, 0.5) is 0 Å². The van der Waals surface area contributed by atoms with E-state index in [0.29, 0.717) is 0 Å². The molecule has 7 aromatic carbocycles. The molecule has 242 valence electrons. The highest BCUT2D eigenvalue weighted by Crippen LogP contribution is 2.51. The molecule has 0 spiro atoms. The van der Waals surface area contributed by atoms with E-state index >= 15 is 4.57 Å². The van der Waals surface area contributed by atoms with E-state index in [9.17, 15) is 0 Å². The summed E-state index contributed by atoms with van der Waals surface area (Å²) >= 11 is 1.78. The second kappa shape index (κ2) is 13.1. The van der Waals surface area contributed by atoms with Gasteiger partial charge in [0, 0.05) is 42.7 Å². The number of nitrogens with zero attached hydrogens (tertiary/aromatic N) is 1. The third-order valence-electron chi connectivity index (χ3n) is 9.57. The van der Waals surface area contributed by atoms with Crippen molar-refractivity contribution in [3.05, 3.63) is 194 Å². The average Bonchev–Trinajstić information content (AvgIpc) is 3.63. The van der Waals surface area contributed by atoms with Crippen molar-refractivity contribution in [2.24, 2.45) is 0 Å². The monoisotopic (exact) mass is 689 g/mol. The fourth-order valence-electron chi connectivity index (χ4n) is 7.11. The number of hydrogen-bond donors (Lipinski definition) is 0. The van der Waals surface area contributed by atoms with Gasteiger partial charge in [-0.05, 0) is 34.4 Å². The van der Waals surface area contributed by atoms with E-state index < -0.39 is 7.14 Å². The molecule has 2 aromatic heterocycles. The molecule has 4 heteroatoms. The Balaban J connectivity index is 1.31. The molecule has 0 saturated carbocycles. The molecule has 2 nitrogen and oxygen atoms in total. The molecule has 0 aliphatic rings. The standard InChI is InChI=1S/C47H32NOPS/c49-50(38-22-9-3-10-23-38,39-24-11-4-12-25-39)40-30-28-35(29-31-40)46-43(37-21-15-20-36(32-37)33-16-5-1-6-17-33)44-41-26-13-14-27-42(41)48-45(47(44)51-46)34-18-7-2-8-19-34/h1-32H. The molecule has 0 bridgehead atoms. The van der Waals surface area contributed by atoms with Gasteiger partial charge in [0.05, 0.1) is 15.9 Å². The predicted octanol–water partition coefficient (Wildman–Crippen LogP) is 11.8. The number of fused-ring (bicyclic) bond motifs is 3. The molecule has 0 aliphatic carbocycles. The molecular weight excluding hydrogens is 658 g/mol. The van der Waals surface area contributed by atoms with Gasteiger partial charge in [0.2, 0.25) is 0 Å². The van der Waals surface area contributed by atoms with Gasteiger partial charge < -0.3 is 4.57 Å². The molecule has 0 atom stereocenters. The number of hydrogen-bond acceptors (Lipinski definition) is 3. The fourth-order valence-corrected chi connectivity index (χ4v) is 11.1. The van der Waals surface area contributed by atoms with Crippen molar-refractivity contribution < 1.29 is 4.57 Å². The summed E-state index contributed by atoms with van der Waals surface area (Å²) in [5.41, 5.74) is 8.80. The molecule has 2 heterocycles. The SMILES string of the molecule is O=P(c1ccccc1)(c1ccccc1)c1ccc(-c2sc3c(-c4ccccc4)nc4ccccc4c3c2-c2cccc(-c3ccccc3)c2)cc1. The van der Waals surface area contributed by atoms with Crippen LogP contribution in [-0.4, -0.2) is 4.98 Å². The summed E-state index contributed by atoms with van der Waals surface area (Å²) in [6.07, 6.45) is 0. The Labute approximate surface area is 301 Å². The first-order valence-corrected chi connectivity index (χ1v) is 19.6. The van der Waals surface area contributed by atoms with E-state index in [4.69, 9.17) is 4.98 Å². The van der Waals surface area contributed by atoms with E-state index in [0.717, 1.165) is 58.8 Å². The van der Waals surface area contributed by atoms with Crippen molar-refractivity contribution in [1.82, 2.24) is 4.98 Å². The summed E-state index contributed by atoms with van der Waals surface area (Å²) in [5, 5.41) is 4.80. The largest absolute Gasteiger partial charge is 0.309 e. The molecule has 0 unspecified atom stereocenters. The second-order valence-electron chi connectivity index (χ2n) is 12.6. The first-order valence-electron chi connectivity index (χ1n) is 17.1. The highest BCUT2D eigenvalue weighted by Gasteiger charge is 2.30. The van der Waals surface area contributed by atoms with Gasteiger partial charge in [-0.15, -0.1) is 11.3 Å². The van der Waals surface area contributed by atoms with Crippen LogP contribution in [0.2, 0.25) is 0 Å². The lowest BCUT2D eigenvalue weighted by Gasteiger charge is -2.20. The lowest BCUT2D eigenvalue weighted by molar-refractivity contribution is 0.592. The van der Waals surface area contributed by atoms with Gasteiger partial charge >= 0.3 is 0 Å². The Kier molecular flexibility index (Phi) is 8.01. The van der Waals surface area contributed by atoms with Crippen LogP contribution in [0, 0.1) is 0 Å². The minimum absolute atomic E-state index is 0.814. The van der Waals surface area contributed by atoms with Crippen LogP contribution in [0.3, 0.4) is 0 Å². The van der Waals surface area contributed by atoms with Crippen molar-refractivity contribution in [3.63, 3.8) is 0 Å². The number of thiophene rings is 1. The highest BCUT2D eigenvalue weighted by atomic mass is 32.1. The quantitative estimate of drug-likeness (QED) is 0.156. The lowest BCUT2D eigenvalue weighted by Crippen LogP contribution is -2.24. The summed E-state index contributed by atoms with van der Waals surface area (Å²) in [6.45, 7) is 0. The summed E-state index contributed by atoms with van der Waals surface area (Å²) in [7, 11) is -3.11. The van der Waals surface area contributed by atoms with Gasteiger partial charge in [0.1, 0.15) is 0 Å². The summed E-state index contributed by atoms with van der Waals surface area (Å²) in [6, 6.07) is 66.6. The zero-order chi connectivity index (χ0) is 34.2. The van der Waals surface area contributed by atoms with Crippen LogP contribution in [-0.2, 0) is 4.57 Å². The zero-order valence-corrected chi connectivity index (χ0v) is 29.4. The number of para-hydroxylation sites is 1. The van der Waals surface area contributed by atoms with Crippen molar-refractivity contribution in [2.75, 3.05) is 0 Å². The molecule has 0 saturated heterocycles. The first-order chi connectivity index (χ1) is 25.2. The topological polar surface area (TPSA) is 30.0 Å². The highest BCUT2D eigenvalue weighted by molar-refractivity contribution is 7.85. The lowest BCUT2D eigenvalue weighted by atomic mass is 9.93. The van der Waals surface area contributed by atoms with Gasteiger partial charge in [-0.1, -0.05) is 182 Å². The minimum Gasteiger partial charge on any atom is -0.309 e.